The third-order valence-electron chi connectivity index (χ3n) is 8.36. The van der Waals surface area contributed by atoms with Gasteiger partial charge >= 0.3 is 0 Å². The second-order valence-corrected chi connectivity index (χ2v) is 10.9. The summed E-state index contributed by atoms with van der Waals surface area (Å²) in [5, 5.41) is 0.592. The number of aryl methyl sites for hydroxylation is 1. The number of amides is 1. The van der Waals surface area contributed by atoms with E-state index in [1.807, 2.05) is 48.2 Å². The topological polar surface area (TPSA) is 50.5 Å². The highest BCUT2D eigenvalue weighted by Crippen LogP contribution is 2.60. The van der Waals surface area contributed by atoms with Crippen molar-refractivity contribution in [1.29, 1.82) is 0 Å². The van der Waals surface area contributed by atoms with Crippen LogP contribution in [0.15, 0.2) is 64.0 Å². The molecule has 1 heterocycles. The molecule has 4 aliphatic carbocycles. The molecule has 0 N–H and O–H groups in total. The highest BCUT2D eigenvalue weighted by Gasteiger charge is 2.55. The summed E-state index contributed by atoms with van der Waals surface area (Å²) in [5.74, 6) is 2.35. The van der Waals surface area contributed by atoms with Crippen molar-refractivity contribution in [3.63, 3.8) is 0 Å². The Kier molecular flexibility index (Phi) is 4.93. The predicted octanol–water partition coefficient (Wildman–Crippen LogP) is 5.85. The molecule has 3 aromatic rings. The maximum Gasteiger partial charge on any atom is 0.229 e. The van der Waals surface area contributed by atoms with Gasteiger partial charge in [-0.1, -0.05) is 42.0 Å². The van der Waals surface area contributed by atoms with Crippen LogP contribution in [-0.4, -0.2) is 10.8 Å². The van der Waals surface area contributed by atoms with Crippen molar-refractivity contribution in [2.45, 2.75) is 58.5 Å². The number of hydrogen-bond acceptors (Lipinski definition) is 3. The second-order valence-electron chi connectivity index (χ2n) is 10.9. The van der Waals surface area contributed by atoms with Crippen molar-refractivity contribution >= 4 is 16.9 Å². The zero-order chi connectivity index (χ0) is 22.6. The van der Waals surface area contributed by atoms with E-state index in [1.165, 1.54) is 19.3 Å². The fourth-order valence-electron chi connectivity index (χ4n) is 7.31. The fourth-order valence-corrected chi connectivity index (χ4v) is 7.31. The lowest BCUT2D eigenvalue weighted by Gasteiger charge is -2.56. The van der Waals surface area contributed by atoms with Gasteiger partial charge in [-0.2, -0.15) is 0 Å². The molecule has 4 saturated carbocycles. The van der Waals surface area contributed by atoms with Crippen molar-refractivity contribution in [1.82, 2.24) is 4.90 Å². The van der Waals surface area contributed by atoms with Gasteiger partial charge in [0.1, 0.15) is 5.58 Å². The third kappa shape index (κ3) is 3.70. The summed E-state index contributed by atoms with van der Waals surface area (Å²) in [5.41, 5.74) is 3.00. The van der Waals surface area contributed by atoms with E-state index >= 15 is 0 Å². The molecule has 4 nitrogen and oxygen atoms in total. The van der Waals surface area contributed by atoms with E-state index in [4.69, 9.17) is 4.42 Å². The summed E-state index contributed by atoms with van der Waals surface area (Å²) in [6, 6.07) is 15.8. The van der Waals surface area contributed by atoms with E-state index < -0.39 is 0 Å². The Morgan fingerprint density at radius 2 is 1.64 bits per heavy atom. The molecule has 0 saturated heterocycles. The molecule has 0 aliphatic heterocycles. The summed E-state index contributed by atoms with van der Waals surface area (Å²) >= 11 is 0. The normalized spacial score (nSPS) is 27.7. The number of carbonyl (C=O) groups excluding carboxylic acids is 1. The van der Waals surface area contributed by atoms with E-state index in [0.29, 0.717) is 47.4 Å². The third-order valence-corrected chi connectivity index (χ3v) is 8.36. The molecule has 2 aromatic carbocycles. The number of carbonyl (C=O) groups is 1. The summed E-state index contributed by atoms with van der Waals surface area (Å²) in [6.07, 6.45) is 8.54. The van der Waals surface area contributed by atoms with Crippen molar-refractivity contribution in [3.8, 4) is 0 Å². The van der Waals surface area contributed by atoms with Gasteiger partial charge in [0.25, 0.3) is 0 Å². The van der Waals surface area contributed by atoms with Gasteiger partial charge in [-0.25, -0.2) is 0 Å². The Balaban J connectivity index is 1.36. The van der Waals surface area contributed by atoms with Gasteiger partial charge in [-0.3, -0.25) is 9.59 Å². The van der Waals surface area contributed by atoms with Gasteiger partial charge in [-0.05, 0) is 80.9 Å². The van der Waals surface area contributed by atoms with Crippen molar-refractivity contribution in [3.05, 3.63) is 81.7 Å². The zero-order valence-electron chi connectivity index (χ0n) is 19.3. The molecule has 0 radical (unpaired) electrons. The van der Waals surface area contributed by atoms with Crippen LogP contribution in [0, 0.1) is 30.1 Å². The molecular weight excluding hydrogens is 410 g/mol. The first-order valence-corrected chi connectivity index (χ1v) is 12.3. The number of benzene rings is 2. The van der Waals surface area contributed by atoms with Gasteiger partial charge in [-0.15, -0.1) is 0 Å². The van der Waals surface area contributed by atoms with Crippen LogP contribution in [0.2, 0.25) is 0 Å². The van der Waals surface area contributed by atoms with Crippen LogP contribution in [0.4, 0.5) is 0 Å². The SMILES string of the molecule is Cc1ccc2occ(CN(Cc3ccccc3)C(=O)C34CC5CC(CC(C5)C3)C4)c(=O)c2c1. The molecule has 170 valence electrons. The maximum absolute atomic E-state index is 14.2. The Bertz CT molecular complexity index is 1220. The highest BCUT2D eigenvalue weighted by molar-refractivity contribution is 5.83. The second kappa shape index (κ2) is 7.86. The van der Waals surface area contributed by atoms with Crippen LogP contribution >= 0.6 is 0 Å². The van der Waals surface area contributed by atoms with Gasteiger partial charge in [0, 0.05) is 6.54 Å². The van der Waals surface area contributed by atoms with Crippen molar-refractivity contribution in [2.75, 3.05) is 0 Å². The van der Waals surface area contributed by atoms with Gasteiger partial charge in [0.2, 0.25) is 5.91 Å². The smallest absolute Gasteiger partial charge is 0.229 e. The quantitative estimate of drug-likeness (QED) is 0.499. The lowest BCUT2D eigenvalue weighted by Crippen LogP contribution is -2.54. The molecule has 4 bridgehead atoms. The molecule has 0 atom stereocenters. The molecule has 4 aliphatic rings. The molecular formula is C29H31NO3. The average molecular weight is 442 g/mol. The Morgan fingerprint density at radius 3 is 2.30 bits per heavy atom. The first-order valence-electron chi connectivity index (χ1n) is 12.3. The van der Waals surface area contributed by atoms with Gasteiger partial charge in [0.15, 0.2) is 5.43 Å². The molecule has 4 fully saturated rings. The maximum atomic E-state index is 14.2. The van der Waals surface area contributed by atoms with Gasteiger partial charge < -0.3 is 9.32 Å². The monoisotopic (exact) mass is 441 g/mol. The molecule has 1 aromatic heterocycles. The van der Waals surface area contributed by atoms with Crippen molar-refractivity contribution in [2.24, 2.45) is 23.2 Å². The lowest BCUT2D eigenvalue weighted by atomic mass is 9.49. The molecule has 0 unspecified atom stereocenters. The van der Waals surface area contributed by atoms with Crippen LogP contribution in [0.25, 0.3) is 11.0 Å². The van der Waals surface area contributed by atoms with E-state index in [0.717, 1.165) is 30.4 Å². The summed E-state index contributed by atoms with van der Waals surface area (Å²) in [4.78, 5) is 29.5. The lowest BCUT2D eigenvalue weighted by molar-refractivity contribution is -0.159. The van der Waals surface area contributed by atoms with Gasteiger partial charge in [0.05, 0.1) is 29.2 Å². The summed E-state index contributed by atoms with van der Waals surface area (Å²) in [6.45, 7) is 2.79. The average Bonchev–Trinajstić information content (AvgIpc) is 2.80. The van der Waals surface area contributed by atoms with Crippen LogP contribution in [0.3, 0.4) is 0 Å². The van der Waals surface area contributed by atoms with Crippen LogP contribution in [-0.2, 0) is 17.9 Å². The number of fused-ring (bicyclic) bond motifs is 1. The van der Waals surface area contributed by atoms with Crippen LogP contribution in [0.1, 0.15) is 55.2 Å². The minimum atomic E-state index is -0.239. The standard InChI is InChI=1S/C29H31NO3/c1-19-7-8-26-25(9-19)27(31)24(18-33-26)17-30(16-20-5-3-2-4-6-20)28(32)29-13-21-10-22(14-29)12-23(11-21)15-29/h2-9,18,21-23H,10-17H2,1H3. The molecule has 7 rings (SSSR count). The summed E-state index contributed by atoms with van der Waals surface area (Å²) < 4.78 is 5.82. The highest BCUT2D eigenvalue weighted by atomic mass is 16.3. The number of hydrogen-bond donors (Lipinski definition) is 0. The summed E-state index contributed by atoms with van der Waals surface area (Å²) in [7, 11) is 0. The molecule has 0 spiro atoms. The number of rotatable bonds is 5. The number of nitrogens with zero attached hydrogens (tertiary/aromatic N) is 1. The van der Waals surface area contributed by atoms with Crippen LogP contribution in [0.5, 0.6) is 0 Å². The Labute approximate surface area is 194 Å². The molecule has 1 amide bonds. The van der Waals surface area contributed by atoms with Crippen LogP contribution < -0.4 is 5.43 Å². The van der Waals surface area contributed by atoms with E-state index in [-0.39, 0.29) is 16.8 Å². The fraction of sp³-hybridized carbons (Fsp3) is 0.448. The molecule has 4 heteroatoms. The van der Waals surface area contributed by atoms with Crippen molar-refractivity contribution < 1.29 is 9.21 Å². The Morgan fingerprint density at radius 1 is 0.970 bits per heavy atom. The first kappa shape index (κ1) is 20.7. The minimum absolute atomic E-state index is 0.0312. The van der Waals surface area contributed by atoms with E-state index in [2.05, 4.69) is 12.1 Å². The van der Waals surface area contributed by atoms with E-state index in [9.17, 15) is 9.59 Å². The molecule has 33 heavy (non-hydrogen) atoms. The Hall–Kier alpha value is -2.88. The van der Waals surface area contributed by atoms with E-state index in [1.54, 1.807) is 6.26 Å². The minimum Gasteiger partial charge on any atom is -0.464 e. The predicted molar refractivity (Wildman–Crippen MR) is 129 cm³/mol. The largest absolute Gasteiger partial charge is 0.464 e. The zero-order valence-corrected chi connectivity index (χ0v) is 19.3. The first-order chi connectivity index (χ1) is 16.0.